The summed E-state index contributed by atoms with van der Waals surface area (Å²) in [5.41, 5.74) is 1.18. The van der Waals surface area contributed by atoms with Crippen LogP contribution in [0.2, 0.25) is 0 Å². The molecule has 1 aliphatic carbocycles. The van der Waals surface area contributed by atoms with Gasteiger partial charge in [-0.25, -0.2) is 13.2 Å². The summed E-state index contributed by atoms with van der Waals surface area (Å²) in [5.74, 6) is 1.47. The molecule has 3 aromatic rings. The minimum absolute atomic E-state index is 0.0464. The van der Waals surface area contributed by atoms with E-state index in [0.717, 1.165) is 36.8 Å². The van der Waals surface area contributed by atoms with Crippen molar-refractivity contribution in [3.63, 3.8) is 0 Å². The van der Waals surface area contributed by atoms with Crippen molar-refractivity contribution in [1.29, 1.82) is 0 Å². The van der Waals surface area contributed by atoms with Gasteiger partial charge in [-0.1, -0.05) is 55.3 Å². The number of ether oxygens (including phenoxy) is 4. The van der Waals surface area contributed by atoms with Crippen LogP contribution in [0, 0.1) is 5.92 Å². The molecule has 2 aliphatic rings. The largest absolute Gasteiger partial charge is 0.489 e. The third-order valence-corrected chi connectivity index (χ3v) is 10.3. The maximum atomic E-state index is 14.0. The van der Waals surface area contributed by atoms with Crippen molar-refractivity contribution in [2.24, 2.45) is 5.92 Å². The van der Waals surface area contributed by atoms with E-state index in [4.69, 9.17) is 18.9 Å². The fourth-order valence-corrected chi connectivity index (χ4v) is 7.75. The number of rotatable bonds is 13. The fourth-order valence-electron chi connectivity index (χ4n) is 5.83. The Hall–Kier alpha value is -3.80. The van der Waals surface area contributed by atoms with E-state index in [9.17, 15) is 18.3 Å². The highest BCUT2D eigenvalue weighted by Gasteiger charge is 2.38. The zero-order valence-corrected chi connectivity index (χ0v) is 27.4. The number of amides is 1. The molecule has 10 nitrogen and oxygen atoms in total. The number of carbonyl (C=O) groups excluding carboxylic acids is 1. The topological polar surface area (TPSA) is 132 Å². The summed E-state index contributed by atoms with van der Waals surface area (Å²) < 4.78 is 50.1. The van der Waals surface area contributed by atoms with Gasteiger partial charge in [0.05, 0.1) is 17.0 Å². The van der Waals surface area contributed by atoms with E-state index in [0.29, 0.717) is 23.9 Å². The number of aliphatic hydroxyl groups is 1. The van der Waals surface area contributed by atoms with E-state index in [1.54, 1.807) is 26.8 Å². The lowest BCUT2D eigenvalue weighted by atomic mass is 10.0. The van der Waals surface area contributed by atoms with Crippen LogP contribution in [-0.2, 0) is 27.6 Å². The van der Waals surface area contributed by atoms with E-state index in [2.05, 4.69) is 10.6 Å². The van der Waals surface area contributed by atoms with E-state index in [1.165, 1.54) is 12.1 Å². The number of aliphatic hydroxyl groups excluding tert-OH is 1. The van der Waals surface area contributed by atoms with Crippen molar-refractivity contribution in [3.05, 3.63) is 83.9 Å². The molecule has 1 aliphatic heterocycles. The normalized spacial score (nSPS) is 16.9. The standard InChI is InChI=1S/C35H44N2O8S/c1-35(2,3)45-34(39)37-29(19-24-13-15-27(16-14-24)42-22-25-9-5-4-6-10-25)30(38)21-36-33(26-11-7-8-12-26)46(40,41)28-17-18-31-32(20-28)44-23-43-31/h4-6,9-10,13-18,20,26,29-30,33,36,38H,7-8,11-12,19,21-23H2,1-3H3,(H,37,39)/t29-,30+,33?/m0/s1. The molecule has 3 N–H and O–H groups in total. The molecule has 5 rings (SSSR count). The predicted octanol–water partition coefficient (Wildman–Crippen LogP) is 5.37. The number of fused-ring (bicyclic) bond motifs is 1. The van der Waals surface area contributed by atoms with Gasteiger partial charge < -0.3 is 29.4 Å². The quantitative estimate of drug-likeness (QED) is 0.223. The van der Waals surface area contributed by atoms with Crippen LogP contribution >= 0.6 is 0 Å². The summed E-state index contributed by atoms with van der Waals surface area (Å²) in [4.78, 5) is 13.0. The zero-order valence-electron chi connectivity index (χ0n) is 26.6. The van der Waals surface area contributed by atoms with Gasteiger partial charge >= 0.3 is 6.09 Å². The van der Waals surface area contributed by atoms with Crippen molar-refractivity contribution in [1.82, 2.24) is 10.6 Å². The van der Waals surface area contributed by atoms with Crippen LogP contribution in [0.25, 0.3) is 0 Å². The number of sulfone groups is 1. The molecule has 0 radical (unpaired) electrons. The van der Waals surface area contributed by atoms with Crippen LogP contribution in [0.1, 0.15) is 57.6 Å². The summed E-state index contributed by atoms with van der Waals surface area (Å²) in [6.07, 6.45) is 1.89. The van der Waals surface area contributed by atoms with Gasteiger partial charge in [0.15, 0.2) is 21.3 Å². The third-order valence-electron chi connectivity index (χ3n) is 8.16. The fraction of sp³-hybridized carbons (Fsp3) is 0.457. The van der Waals surface area contributed by atoms with Crippen molar-refractivity contribution < 1.29 is 37.3 Å². The summed E-state index contributed by atoms with van der Waals surface area (Å²) >= 11 is 0. The summed E-state index contributed by atoms with van der Waals surface area (Å²) in [6.45, 7) is 5.71. The Morgan fingerprint density at radius 3 is 2.35 bits per heavy atom. The van der Waals surface area contributed by atoms with Crippen molar-refractivity contribution in [2.45, 2.75) is 87.5 Å². The molecule has 1 heterocycles. The molecule has 3 atom stereocenters. The maximum absolute atomic E-state index is 14.0. The van der Waals surface area contributed by atoms with Gasteiger partial charge in [0.2, 0.25) is 6.79 Å². The molecular weight excluding hydrogens is 608 g/mol. The molecule has 0 spiro atoms. The Bertz CT molecular complexity index is 1550. The summed E-state index contributed by atoms with van der Waals surface area (Å²) in [6, 6.07) is 21.2. The molecule has 11 heteroatoms. The van der Waals surface area contributed by atoms with Gasteiger partial charge in [0, 0.05) is 12.6 Å². The molecule has 1 amide bonds. The van der Waals surface area contributed by atoms with Gasteiger partial charge in [-0.2, -0.15) is 0 Å². The van der Waals surface area contributed by atoms with Gasteiger partial charge in [-0.05, 0) is 81.3 Å². The molecule has 1 fully saturated rings. The highest BCUT2D eigenvalue weighted by Crippen LogP contribution is 2.37. The highest BCUT2D eigenvalue weighted by molar-refractivity contribution is 7.92. The van der Waals surface area contributed by atoms with Gasteiger partial charge in [0.25, 0.3) is 0 Å². The minimum atomic E-state index is -3.85. The van der Waals surface area contributed by atoms with E-state index in [1.807, 2.05) is 54.6 Å². The number of benzene rings is 3. The van der Waals surface area contributed by atoms with Crippen molar-refractivity contribution in [2.75, 3.05) is 13.3 Å². The first-order chi connectivity index (χ1) is 22.0. The zero-order chi connectivity index (χ0) is 32.7. The second kappa shape index (κ2) is 14.7. The minimum Gasteiger partial charge on any atom is -0.489 e. The van der Waals surface area contributed by atoms with Crippen LogP contribution in [0.5, 0.6) is 17.2 Å². The number of hydrogen-bond acceptors (Lipinski definition) is 9. The van der Waals surface area contributed by atoms with Crippen LogP contribution in [0.3, 0.4) is 0 Å². The monoisotopic (exact) mass is 652 g/mol. The van der Waals surface area contributed by atoms with Crippen LogP contribution in [0.15, 0.2) is 77.7 Å². The molecule has 0 saturated heterocycles. The molecule has 248 valence electrons. The summed E-state index contributed by atoms with van der Waals surface area (Å²) in [5, 5.41) is 16.5. The van der Waals surface area contributed by atoms with E-state index >= 15 is 0 Å². The van der Waals surface area contributed by atoms with Gasteiger partial charge in [0.1, 0.15) is 23.3 Å². The first kappa shape index (κ1) is 33.6. The van der Waals surface area contributed by atoms with Gasteiger partial charge in [-0.15, -0.1) is 0 Å². The highest BCUT2D eigenvalue weighted by atomic mass is 32.2. The first-order valence-corrected chi connectivity index (χ1v) is 17.3. The molecular formula is C35H44N2O8S. The first-order valence-electron chi connectivity index (χ1n) is 15.8. The lowest BCUT2D eigenvalue weighted by Crippen LogP contribution is -2.53. The number of nitrogens with one attached hydrogen (secondary N) is 2. The van der Waals surface area contributed by atoms with Gasteiger partial charge in [-0.3, -0.25) is 5.32 Å². The van der Waals surface area contributed by atoms with Crippen LogP contribution in [-0.4, -0.2) is 56.1 Å². The van der Waals surface area contributed by atoms with Crippen LogP contribution in [0.4, 0.5) is 4.79 Å². The second-order valence-corrected chi connectivity index (χ2v) is 14.9. The lowest BCUT2D eigenvalue weighted by molar-refractivity contribution is 0.0420. The molecule has 3 aromatic carbocycles. The SMILES string of the molecule is CC(C)(C)OC(=O)N[C@@H](Cc1ccc(OCc2ccccc2)cc1)[C@H](O)CNC(C1CCCC1)S(=O)(=O)c1ccc2c(c1)OCO2. The van der Waals surface area contributed by atoms with E-state index in [-0.39, 0.29) is 30.6 Å². The Morgan fingerprint density at radius 2 is 1.65 bits per heavy atom. The Balaban J connectivity index is 1.29. The number of carbonyl (C=O) groups is 1. The third kappa shape index (κ3) is 8.92. The molecule has 0 bridgehead atoms. The number of alkyl carbamates (subject to hydrolysis) is 1. The predicted molar refractivity (Wildman–Crippen MR) is 174 cm³/mol. The smallest absolute Gasteiger partial charge is 0.407 e. The maximum Gasteiger partial charge on any atom is 0.407 e. The Labute approximate surface area is 271 Å². The van der Waals surface area contributed by atoms with Crippen molar-refractivity contribution in [3.8, 4) is 17.2 Å². The Kier molecular flexibility index (Phi) is 10.8. The molecule has 46 heavy (non-hydrogen) atoms. The molecule has 0 aromatic heterocycles. The second-order valence-electron chi connectivity index (χ2n) is 12.9. The van der Waals surface area contributed by atoms with Crippen LogP contribution < -0.4 is 24.8 Å². The molecule has 1 unspecified atom stereocenters. The van der Waals surface area contributed by atoms with Crippen molar-refractivity contribution >= 4 is 15.9 Å². The lowest BCUT2D eigenvalue weighted by Gasteiger charge is -2.30. The number of hydrogen-bond donors (Lipinski definition) is 3. The van der Waals surface area contributed by atoms with E-state index < -0.39 is 39.1 Å². The summed E-state index contributed by atoms with van der Waals surface area (Å²) in [7, 11) is -3.85. The average molecular weight is 653 g/mol. The average Bonchev–Trinajstić information content (AvgIpc) is 3.72. The molecule has 1 saturated carbocycles. The Morgan fingerprint density at radius 1 is 0.957 bits per heavy atom.